The van der Waals surface area contributed by atoms with Gasteiger partial charge in [-0.3, -0.25) is 4.79 Å². The predicted molar refractivity (Wildman–Crippen MR) is 143 cm³/mol. The van der Waals surface area contributed by atoms with Crippen molar-refractivity contribution in [1.82, 2.24) is 34.7 Å². The molecule has 38 heavy (non-hydrogen) atoms. The van der Waals surface area contributed by atoms with Crippen LogP contribution in [-0.2, 0) is 0 Å². The summed E-state index contributed by atoms with van der Waals surface area (Å²) in [5.74, 6) is 0.765. The van der Waals surface area contributed by atoms with Crippen LogP contribution in [-0.4, -0.2) is 40.6 Å². The van der Waals surface area contributed by atoms with E-state index in [4.69, 9.17) is 27.7 Å². The van der Waals surface area contributed by atoms with Crippen molar-refractivity contribution in [3.63, 3.8) is 0 Å². The first-order valence-corrected chi connectivity index (χ1v) is 12.2. The fourth-order valence-corrected chi connectivity index (χ4v) is 4.61. The summed E-state index contributed by atoms with van der Waals surface area (Å²) in [6.07, 6.45) is 3.07. The van der Waals surface area contributed by atoms with Crippen LogP contribution in [0, 0.1) is 13.8 Å². The lowest BCUT2D eigenvalue weighted by atomic mass is 10.1. The predicted octanol–water partition coefficient (Wildman–Crippen LogP) is 5.83. The molecule has 0 unspecified atom stereocenters. The fourth-order valence-electron chi connectivity index (χ4n) is 4.20. The maximum absolute atomic E-state index is 13.5. The number of anilines is 1. The van der Waals surface area contributed by atoms with Crippen LogP contribution in [0.3, 0.4) is 0 Å². The number of fused-ring (bicyclic) bond motifs is 1. The highest BCUT2D eigenvalue weighted by atomic mass is 35.5. The quantitative estimate of drug-likeness (QED) is 0.290. The van der Waals surface area contributed by atoms with Gasteiger partial charge in [-0.05, 0) is 38.1 Å². The molecule has 1 N–H and O–H groups in total. The van der Waals surface area contributed by atoms with Gasteiger partial charge in [0.2, 0.25) is 0 Å². The summed E-state index contributed by atoms with van der Waals surface area (Å²) in [5.41, 5.74) is 3.18. The van der Waals surface area contributed by atoms with E-state index in [1.807, 2.05) is 25.1 Å². The monoisotopic (exact) mass is 544 g/mol. The summed E-state index contributed by atoms with van der Waals surface area (Å²) in [6.45, 7) is 3.49. The zero-order chi connectivity index (χ0) is 26.4. The van der Waals surface area contributed by atoms with Gasteiger partial charge >= 0.3 is 0 Å². The fraction of sp³-hybridized carbons (Fsp3) is 0.0769. The summed E-state index contributed by atoms with van der Waals surface area (Å²) in [6, 6.07) is 16.1. The minimum absolute atomic E-state index is 0.269. The summed E-state index contributed by atoms with van der Waals surface area (Å²) in [5, 5.41) is 17.7. The molecule has 0 aliphatic rings. The third-order valence-electron chi connectivity index (χ3n) is 5.89. The Morgan fingerprint density at radius 1 is 1.00 bits per heavy atom. The summed E-state index contributed by atoms with van der Waals surface area (Å²) in [4.78, 5) is 22.4. The van der Waals surface area contributed by atoms with Crippen molar-refractivity contribution in [2.75, 3.05) is 5.32 Å². The molecule has 12 heteroatoms. The largest absolute Gasteiger partial charge is 0.360 e. The van der Waals surface area contributed by atoms with Crippen LogP contribution in [0.25, 0.3) is 33.8 Å². The second-order valence-electron chi connectivity index (χ2n) is 8.45. The van der Waals surface area contributed by atoms with Crippen LogP contribution < -0.4 is 5.32 Å². The third kappa shape index (κ3) is 4.09. The molecule has 6 aromatic rings. The van der Waals surface area contributed by atoms with E-state index in [1.165, 1.54) is 6.33 Å². The van der Waals surface area contributed by atoms with Crippen LogP contribution in [0.5, 0.6) is 0 Å². The minimum atomic E-state index is -0.431. The molecule has 1 amide bonds. The Kier molecular flexibility index (Phi) is 5.90. The zero-order valence-electron chi connectivity index (χ0n) is 20.1. The average Bonchev–Trinajstić information content (AvgIpc) is 3.60. The van der Waals surface area contributed by atoms with E-state index in [0.717, 1.165) is 5.69 Å². The van der Waals surface area contributed by atoms with Crippen molar-refractivity contribution < 1.29 is 9.32 Å². The molecule has 0 spiro atoms. The van der Waals surface area contributed by atoms with Gasteiger partial charge < -0.3 is 9.84 Å². The highest BCUT2D eigenvalue weighted by molar-refractivity contribution is 6.33. The first-order valence-electron chi connectivity index (χ1n) is 11.4. The van der Waals surface area contributed by atoms with Gasteiger partial charge in [-0.15, -0.1) is 0 Å². The standard InChI is InChI=1S/C26H18Cl2N8O2/c1-14-10-21(32-26(37)22-15(2)38-34-23(22)18-8-3-4-9-20(18)28)36(33-14)25-19-12-31-35(24(19)29-13-30-25)17-7-5-6-16(27)11-17/h3-13H,1-2H3,(H,32,37). The van der Waals surface area contributed by atoms with Crippen LogP contribution in [0.1, 0.15) is 21.8 Å². The molecule has 0 aliphatic heterocycles. The maximum atomic E-state index is 13.5. The lowest BCUT2D eigenvalue weighted by molar-refractivity contribution is 0.102. The number of carbonyl (C=O) groups excluding carboxylic acids is 1. The number of rotatable bonds is 5. The van der Waals surface area contributed by atoms with E-state index in [0.29, 0.717) is 55.4 Å². The Hall–Kier alpha value is -4.54. The van der Waals surface area contributed by atoms with Gasteiger partial charge in [-0.1, -0.05) is 52.6 Å². The molecule has 0 bridgehead atoms. The average molecular weight is 545 g/mol. The molecule has 0 radical (unpaired) electrons. The highest BCUT2D eigenvalue weighted by Crippen LogP contribution is 2.32. The number of halogens is 2. The molecular weight excluding hydrogens is 527 g/mol. The number of aryl methyl sites for hydroxylation is 2. The molecule has 0 aliphatic carbocycles. The Balaban J connectivity index is 1.41. The lowest BCUT2D eigenvalue weighted by Crippen LogP contribution is -2.17. The molecule has 6 rings (SSSR count). The van der Waals surface area contributed by atoms with Crippen molar-refractivity contribution >= 4 is 46.0 Å². The third-order valence-corrected chi connectivity index (χ3v) is 6.45. The number of benzene rings is 2. The van der Waals surface area contributed by atoms with Crippen LogP contribution >= 0.6 is 23.2 Å². The van der Waals surface area contributed by atoms with E-state index in [1.54, 1.807) is 58.9 Å². The van der Waals surface area contributed by atoms with Gasteiger partial charge in [0.1, 0.15) is 29.2 Å². The van der Waals surface area contributed by atoms with Crippen LogP contribution in [0.4, 0.5) is 5.82 Å². The molecule has 0 atom stereocenters. The van der Waals surface area contributed by atoms with E-state index < -0.39 is 5.91 Å². The highest BCUT2D eigenvalue weighted by Gasteiger charge is 2.25. The van der Waals surface area contributed by atoms with Crippen molar-refractivity contribution in [3.05, 3.63) is 94.2 Å². The first-order chi connectivity index (χ1) is 18.4. The SMILES string of the molecule is Cc1cc(NC(=O)c2c(-c3ccccc3Cl)noc2C)n(-c2ncnc3c2cnn3-c2cccc(Cl)c2)n1. The van der Waals surface area contributed by atoms with Crippen molar-refractivity contribution in [2.45, 2.75) is 13.8 Å². The van der Waals surface area contributed by atoms with E-state index in [-0.39, 0.29) is 5.56 Å². The molecule has 2 aromatic carbocycles. The topological polar surface area (TPSA) is 117 Å². The van der Waals surface area contributed by atoms with Crippen LogP contribution in [0.15, 0.2) is 71.6 Å². The normalized spacial score (nSPS) is 11.3. The molecule has 0 saturated carbocycles. The molecule has 188 valence electrons. The van der Waals surface area contributed by atoms with E-state index >= 15 is 0 Å². The maximum Gasteiger partial charge on any atom is 0.262 e. The lowest BCUT2D eigenvalue weighted by Gasteiger charge is -2.10. The number of hydrogen-bond acceptors (Lipinski definition) is 7. The van der Waals surface area contributed by atoms with Gasteiger partial charge in [0.25, 0.3) is 5.91 Å². The summed E-state index contributed by atoms with van der Waals surface area (Å²) >= 11 is 12.5. The number of amides is 1. The van der Waals surface area contributed by atoms with E-state index in [9.17, 15) is 4.79 Å². The van der Waals surface area contributed by atoms with E-state index in [2.05, 4.69) is 30.6 Å². The Morgan fingerprint density at radius 3 is 2.66 bits per heavy atom. The van der Waals surface area contributed by atoms with Gasteiger partial charge in [-0.25, -0.2) is 14.6 Å². The minimum Gasteiger partial charge on any atom is -0.360 e. The Morgan fingerprint density at radius 2 is 1.84 bits per heavy atom. The molecule has 0 saturated heterocycles. The number of nitrogens with zero attached hydrogens (tertiary/aromatic N) is 7. The second kappa shape index (κ2) is 9.40. The molecule has 4 aromatic heterocycles. The van der Waals surface area contributed by atoms with Gasteiger partial charge in [0, 0.05) is 16.7 Å². The molecule has 4 heterocycles. The summed E-state index contributed by atoms with van der Waals surface area (Å²) in [7, 11) is 0. The molecular formula is C26H18Cl2N8O2. The van der Waals surface area contributed by atoms with Crippen LogP contribution in [0.2, 0.25) is 10.0 Å². The number of aromatic nitrogens is 7. The van der Waals surface area contributed by atoms with Crippen molar-refractivity contribution in [2.24, 2.45) is 0 Å². The number of nitrogens with one attached hydrogen (secondary N) is 1. The number of carbonyl (C=O) groups is 1. The molecule has 10 nitrogen and oxygen atoms in total. The van der Waals surface area contributed by atoms with Crippen molar-refractivity contribution in [1.29, 1.82) is 0 Å². The van der Waals surface area contributed by atoms with Gasteiger partial charge in [0.05, 0.1) is 28.0 Å². The zero-order valence-corrected chi connectivity index (χ0v) is 21.6. The molecule has 0 fully saturated rings. The van der Waals surface area contributed by atoms with Gasteiger partial charge in [-0.2, -0.15) is 14.9 Å². The smallest absolute Gasteiger partial charge is 0.262 e. The summed E-state index contributed by atoms with van der Waals surface area (Å²) < 4.78 is 8.57. The number of hydrogen-bond donors (Lipinski definition) is 1. The van der Waals surface area contributed by atoms with Gasteiger partial charge in [0.15, 0.2) is 11.5 Å². The van der Waals surface area contributed by atoms with Crippen molar-refractivity contribution in [3.8, 4) is 22.8 Å². The second-order valence-corrected chi connectivity index (χ2v) is 9.29. The first kappa shape index (κ1) is 23.8. The Labute approximate surface area is 225 Å². The Bertz CT molecular complexity index is 1840.